The molecule has 6 atom stereocenters. The SMILES string of the molecule is CCCCC(NC(=O)[C@@H]1[C@@H]2[C@H](CN1C(=O)[C@@H](NC(=O)N[C@H](C(=O)OC(C)(C)C)C(C)(C)C)C1CCCCC1)C2(C)C)C(=O)C(=O)NC. The van der Waals surface area contributed by atoms with Gasteiger partial charge in [0, 0.05) is 13.6 Å². The predicted octanol–water partition coefficient (Wildman–Crippen LogP) is 3.46. The highest BCUT2D eigenvalue weighted by molar-refractivity contribution is 6.38. The Morgan fingerprint density at radius 3 is 2.06 bits per heavy atom. The first-order chi connectivity index (χ1) is 21.7. The number of likely N-dealkylation sites (tertiary alicyclic amines) is 1. The van der Waals surface area contributed by atoms with E-state index in [-0.39, 0.29) is 29.1 Å². The van der Waals surface area contributed by atoms with Crippen LogP contribution in [-0.2, 0) is 28.7 Å². The minimum absolute atomic E-state index is 0.0872. The molecule has 2 saturated carbocycles. The number of piperidine rings is 1. The molecule has 1 saturated heterocycles. The lowest BCUT2D eigenvalue weighted by molar-refractivity contribution is -0.160. The minimum Gasteiger partial charge on any atom is -0.458 e. The quantitative estimate of drug-likeness (QED) is 0.184. The number of carbonyl (C=O) groups excluding carboxylic acids is 6. The largest absolute Gasteiger partial charge is 0.458 e. The summed E-state index contributed by atoms with van der Waals surface area (Å²) in [6.07, 6.45) is 6.10. The fraction of sp³-hybridized carbons (Fsp3) is 0.829. The number of urea groups is 1. The lowest BCUT2D eigenvalue weighted by Crippen LogP contribution is -2.62. The Morgan fingerprint density at radius 1 is 0.915 bits per heavy atom. The van der Waals surface area contributed by atoms with E-state index in [1.165, 1.54) is 7.05 Å². The molecule has 1 heterocycles. The average Bonchev–Trinajstić information content (AvgIpc) is 3.29. The maximum absolute atomic E-state index is 14.5. The lowest BCUT2D eigenvalue weighted by atomic mass is 9.83. The number of ether oxygens (including phenoxy) is 1. The minimum atomic E-state index is -1.000. The van der Waals surface area contributed by atoms with E-state index >= 15 is 0 Å². The number of rotatable bonds is 12. The van der Waals surface area contributed by atoms with Crippen molar-refractivity contribution in [2.45, 2.75) is 143 Å². The molecule has 0 spiro atoms. The van der Waals surface area contributed by atoms with Gasteiger partial charge < -0.3 is 30.9 Å². The number of carbonyl (C=O) groups is 6. The standard InChI is InChI=1S/C35H59N5O7/c1-11-12-18-22(26(41)29(43)36-10)37-28(42)25-23-21(35(23,8)9)19-40(25)30(44)24(20-16-14-13-15-17-20)38-32(46)39-27(33(2,3)4)31(45)47-34(5,6)7/h20-25,27H,11-19H2,1-10H3,(H,36,43)(H,37,42)(H2,38,39,46)/t21-,22?,23-,24-,25-,27+/m0/s1. The number of ketones is 1. The summed E-state index contributed by atoms with van der Waals surface area (Å²) in [6, 6.07) is -4.37. The van der Waals surface area contributed by atoms with Gasteiger partial charge in [0.1, 0.15) is 23.7 Å². The van der Waals surface area contributed by atoms with Gasteiger partial charge in [-0.15, -0.1) is 0 Å². The van der Waals surface area contributed by atoms with Gasteiger partial charge in [-0.25, -0.2) is 9.59 Å². The van der Waals surface area contributed by atoms with Crippen molar-refractivity contribution in [1.82, 2.24) is 26.2 Å². The van der Waals surface area contributed by atoms with Crippen LogP contribution in [0.2, 0.25) is 0 Å². The maximum Gasteiger partial charge on any atom is 0.329 e. The van der Waals surface area contributed by atoms with Crippen molar-refractivity contribution in [2.24, 2.45) is 28.6 Å². The third-order valence-corrected chi connectivity index (χ3v) is 10.1. The summed E-state index contributed by atoms with van der Waals surface area (Å²) in [5.41, 5.74) is -1.60. The molecular weight excluding hydrogens is 602 g/mol. The number of nitrogens with zero attached hydrogens (tertiary/aromatic N) is 1. The number of nitrogens with one attached hydrogen (secondary N) is 4. The molecule has 0 bridgehead atoms. The second-order valence-electron chi connectivity index (χ2n) is 16.4. The number of fused-ring (bicyclic) bond motifs is 1. The Balaban J connectivity index is 1.88. The molecular formula is C35H59N5O7. The van der Waals surface area contributed by atoms with Crippen molar-refractivity contribution in [2.75, 3.05) is 13.6 Å². The molecule has 0 aromatic rings. The highest BCUT2D eigenvalue weighted by atomic mass is 16.6. The molecule has 266 valence electrons. The summed E-state index contributed by atoms with van der Waals surface area (Å²) >= 11 is 0. The van der Waals surface area contributed by atoms with E-state index in [1.54, 1.807) is 25.7 Å². The van der Waals surface area contributed by atoms with Gasteiger partial charge in [-0.05, 0) is 68.6 Å². The van der Waals surface area contributed by atoms with Crippen molar-refractivity contribution in [3.8, 4) is 0 Å². The molecule has 3 fully saturated rings. The van der Waals surface area contributed by atoms with E-state index in [1.807, 2.05) is 27.7 Å². The Bertz CT molecular complexity index is 1200. The summed E-state index contributed by atoms with van der Waals surface area (Å²) in [6.45, 7) is 17.2. The molecule has 0 aromatic carbocycles. The van der Waals surface area contributed by atoms with Crippen LogP contribution in [0.15, 0.2) is 0 Å². The maximum atomic E-state index is 14.5. The number of unbranched alkanes of at least 4 members (excludes halogenated alkanes) is 1. The lowest BCUT2D eigenvalue weighted by Gasteiger charge is -2.38. The predicted molar refractivity (Wildman–Crippen MR) is 178 cm³/mol. The van der Waals surface area contributed by atoms with Crippen LogP contribution >= 0.6 is 0 Å². The van der Waals surface area contributed by atoms with Gasteiger partial charge in [0.2, 0.25) is 17.6 Å². The molecule has 12 nitrogen and oxygen atoms in total. The Morgan fingerprint density at radius 2 is 1.53 bits per heavy atom. The monoisotopic (exact) mass is 661 g/mol. The third kappa shape index (κ3) is 9.25. The van der Waals surface area contributed by atoms with Crippen LogP contribution < -0.4 is 21.3 Å². The van der Waals surface area contributed by atoms with Crippen LogP contribution in [0.4, 0.5) is 4.79 Å². The normalized spacial score (nSPS) is 24.2. The van der Waals surface area contributed by atoms with Crippen LogP contribution in [0.5, 0.6) is 0 Å². The average molecular weight is 662 g/mol. The molecule has 5 amide bonds. The van der Waals surface area contributed by atoms with Gasteiger partial charge in [0.05, 0.1) is 6.04 Å². The number of amides is 5. The van der Waals surface area contributed by atoms with Crippen molar-refractivity contribution in [3.05, 3.63) is 0 Å². The summed E-state index contributed by atoms with van der Waals surface area (Å²) in [5, 5.41) is 10.9. The summed E-state index contributed by atoms with van der Waals surface area (Å²) in [5.74, 6) is -3.03. The van der Waals surface area contributed by atoms with Gasteiger partial charge in [0.25, 0.3) is 5.91 Å². The third-order valence-electron chi connectivity index (χ3n) is 10.1. The van der Waals surface area contributed by atoms with E-state index < -0.39 is 64.8 Å². The zero-order valence-electron chi connectivity index (χ0n) is 30.2. The van der Waals surface area contributed by atoms with Gasteiger partial charge in [-0.3, -0.25) is 19.2 Å². The molecule has 47 heavy (non-hydrogen) atoms. The molecule has 1 unspecified atom stereocenters. The number of likely N-dealkylation sites (N-methyl/N-ethyl adjacent to an activating group) is 1. The van der Waals surface area contributed by atoms with E-state index in [0.29, 0.717) is 19.4 Å². The van der Waals surface area contributed by atoms with Crippen molar-refractivity contribution in [1.29, 1.82) is 0 Å². The number of hydrogen-bond donors (Lipinski definition) is 4. The van der Waals surface area contributed by atoms with Crippen molar-refractivity contribution >= 4 is 35.5 Å². The smallest absolute Gasteiger partial charge is 0.329 e. The molecule has 0 aromatic heterocycles. The van der Waals surface area contributed by atoms with E-state index in [4.69, 9.17) is 4.74 Å². The molecule has 12 heteroatoms. The fourth-order valence-corrected chi connectivity index (χ4v) is 7.36. The highest BCUT2D eigenvalue weighted by Crippen LogP contribution is 2.65. The van der Waals surface area contributed by atoms with Crippen LogP contribution in [0.25, 0.3) is 0 Å². The Labute approximate surface area is 280 Å². The van der Waals surface area contributed by atoms with Gasteiger partial charge >= 0.3 is 12.0 Å². The first-order valence-electron chi connectivity index (χ1n) is 17.4. The van der Waals surface area contributed by atoms with Crippen LogP contribution in [0.1, 0.15) is 114 Å². The molecule has 1 aliphatic heterocycles. The van der Waals surface area contributed by atoms with Crippen LogP contribution in [0.3, 0.4) is 0 Å². The van der Waals surface area contributed by atoms with Crippen LogP contribution in [0, 0.1) is 28.6 Å². The summed E-state index contributed by atoms with van der Waals surface area (Å²) in [4.78, 5) is 81.9. The molecule has 3 rings (SSSR count). The van der Waals surface area contributed by atoms with E-state index in [0.717, 1.165) is 38.5 Å². The zero-order chi connectivity index (χ0) is 35.5. The number of esters is 1. The Kier molecular flexibility index (Phi) is 12.2. The van der Waals surface area contributed by atoms with E-state index in [9.17, 15) is 28.8 Å². The Hall–Kier alpha value is -3.18. The fourth-order valence-electron chi connectivity index (χ4n) is 7.36. The zero-order valence-corrected chi connectivity index (χ0v) is 30.2. The number of hydrogen-bond acceptors (Lipinski definition) is 7. The first kappa shape index (κ1) is 38.3. The molecule has 0 radical (unpaired) electrons. The summed E-state index contributed by atoms with van der Waals surface area (Å²) < 4.78 is 5.60. The second kappa shape index (κ2) is 14.9. The highest BCUT2D eigenvalue weighted by Gasteiger charge is 2.69. The van der Waals surface area contributed by atoms with Gasteiger partial charge in [0.15, 0.2) is 0 Å². The topological polar surface area (TPSA) is 163 Å². The molecule has 4 N–H and O–H groups in total. The number of Topliss-reactive ketones (excluding diaryl/α,β-unsaturated/α-hetero) is 1. The molecule has 2 aliphatic carbocycles. The summed E-state index contributed by atoms with van der Waals surface area (Å²) in [7, 11) is 1.37. The van der Waals surface area contributed by atoms with Crippen molar-refractivity contribution < 1.29 is 33.5 Å². The molecule has 3 aliphatic rings. The van der Waals surface area contributed by atoms with Crippen molar-refractivity contribution in [3.63, 3.8) is 0 Å². The second-order valence-corrected chi connectivity index (χ2v) is 16.4. The van der Waals surface area contributed by atoms with Gasteiger partial charge in [-0.2, -0.15) is 0 Å². The first-order valence-corrected chi connectivity index (χ1v) is 17.4. The van der Waals surface area contributed by atoms with Gasteiger partial charge in [-0.1, -0.05) is 73.6 Å². The van der Waals surface area contributed by atoms with Crippen LogP contribution in [-0.4, -0.2) is 83.8 Å². The van der Waals surface area contributed by atoms with E-state index in [2.05, 4.69) is 35.1 Å².